The van der Waals surface area contributed by atoms with Gasteiger partial charge in [-0.05, 0) is 37.0 Å². The number of benzene rings is 1. The van der Waals surface area contributed by atoms with Crippen molar-refractivity contribution in [3.63, 3.8) is 0 Å². The largest absolute Gasteiger partial charge is 0.282 e. The molecule has 0 fully saturated rings. The number of aromatic nitrogens is 5. The van der Waals surface area contributed by atoms with E-state index in [-0.39, 0.29) is 5.69 Å². The number of aromatic amines is 1. The second-order valence-electron chi connectivity index (χ2n) is 6.14. The Kier molecular flexibility index (Phi) is 3.38. The summed E-state index contributed by atoms with van der Waals surface area (Å²) < 4.78 is 1.72. The molecule has 0 radical (unpaired) electrons. The Balaban J connectivity index is 1.56. The molecule has 10 heteroatoms. The zero-order valence-electron chi connectivity index (χ0n) is 13.5. The molecule has 3 heterocycles. The number of rotatable bonds is 3. The molecule has 26 heavy (non-hydrogen) atoms. The molecule has 0 saturated carbocycles. The monoisotopic (exact) mass is 367 g/mol. The third kappa shape index (κ3) is 2.33. The lowest BCUT2D eigenvalue weighted by molar-refractivity contribution is -0.384. The minimum atomic E-state index is -0.407. The predicted molar refractivity (Wildman–Crippen MR) is 95.4 cm³/mol. The highest BCUT2D eigenvalue weighted by atomic mass is 32.2. The molecular weight excluding hydrogens is 354 g/mol. The number of nitro groups is 1. The van der Waals surface area contributed by atoms with Crippen molar-refractivity contribution in [3.05, 3.63) is 51.2 Å². The average molecular weight is 367 g/mol. The Morgan fingerprint density at radius 2 is 2.04 bits per heavy atom. The molecule has 0 saturated heterocycles. The SMILES string of the molecule is O=[N+]([O-])c1ccc(C2=Nn3c(nnc3-c3n[nH]c4c3CCC4)SC2)cc1. The van der Waals surface area contributed by atoms with Crippen molar-refractivity contribution in [1.29, 1.82) is 0 Å². The van der Waals surface area contributed by atoms with Crippen molar-refractivity contribution in [2.45, 2.75) is 24.4 Å². The molecule has 2 aliphatic rings. The summed E-state index contributed by atoms with van der Waals surface area (Å²) in [4.78, 5) is 10.4. The number of H-pyrrole nitrogens is 1. The number of nitrogens with zero attached hydrogens (tertiary/aromatic N) is 6. The first-order chi connectivity index (χ1) is 12.7. The predicted octanol–water partition coefficient (Wildman–Crippen LogP) is 2.42. The van der Waals surface area contributed by atoms with Gasteiger partial charge in [-0.3, -0.25) is 15.2 Å². The Morgan fingerprint density at radius 3 is 2.85 bits per heavy atom. The van der Waals surface area contributed by atoms with Crippen LogP contribution in [0.25, 0.3) is 11.5 Å². The Morgan fingerprint density at radius 1 is 1.19 bits per heavy atom. The van der Waals surface area contributed by atoms with Gasteiger partial charge in [0.1, 0.15) is 5.69 Å². The fourth-order valence-electron chi connectivity index (χ4n) is 3.30. The highest BCUT2D eigenvalue weighted by molar-refractivity contribution is 7.99. The molecular formula is C16H13N7O2S. The molecule has 1 N–H and O–H groups in total. The lowest BCUT2D eigenvalue weighted by Crippen LogP contribution is -2.14. The molecule has 130 valence electrons. The van der Waals surface area contributed by atoms with Crippen LogP contribution in [0.3, 0.4) is 0 Å². The zero-order valence-corrected chi connectivity index (χ0v) is 14.4. The summed E-state index contributed by atoms with van der Waals surface area (Å²) in [6.45, 7) is 0. The average Bonchev–Trinajstić information content (AvgIpc) is 3.36. The number of aryl methyl sites for hydroxylation is 1. The quantitative estimate of drug-likeness (QED) is 0.561. The standard InChI is InChI=1S/C16H13N7O2S/c24-23(25)10-6-4-9(5-7-10)13-8-26-16-20-19-15(22(16)21-13)14-11-2-1-3-12(11)17-18-14/h4-7H,1-3,8H2,(H,17,18). The van der Waals surface area contributed by atoms with Gasteiger partial charge in [0.2, 0.25) is 11.0 Å². The smallest absolute Gasteiger partial charge is 0.269 e. The third-order valence-corrected chi connectivity index (χ3v) is 5.53. The first kappa shape index (κ1) is 15.3. The second-order valence-corrected chi connectivity index (χ2v) is 7.08. The van der Waals surface area contributed by atoms with Crippen LogP contribution >= 0.6 is 11.8 Å². The molecule has 9 nitrogen and oxygen atoms in total. The van der Waals surface area contributed by atoms with Crippen LogP contribution in [0.15, 0.2) is 34.5 Å². The Labute approximate surface area is 151 Å². The van der Waals surface area contributed by atoms with Gasteiger partial charge in [-0.15, -0.1) is 10.2 Å². The van der Waals surface area contributed by atoms with E-state index in [2.05, 4.69) is 20.4 Å². The minimum absolute atomic E-state index is 0.0653. The van der Waals surface area contributed by atoms with Crippen LogP contribution in [-0.2, 0) is 12.8 Å². The highest BCUT2D eigenvalue weighted by Crippen LogP contribution is 2.33. The fourth-order valence-corrected chi connectivity index (χ4v) is 4.13. The van der Waals surface area contributed by atoms with E-state index in [4.69, 9.17) is 5.10 Å². The van der Waals surface area contributed by atoms with Gasteiger partial charge in [0.15, 0.2) is 0 Å². The van der Waals surface area contributed by atoms with Crippen molar-refractivity contribution in [3.8, 4) is 11.5 Å². The summed E-state index contributed by atoms with van der Waals surface area (Å²) in [6.07, 6.45) is 3.11. The lowest BCUT2D eigenvalue weighted by Gasteiger charge is -2.13. The van der Waals surface area contributed by atoms with Gasteiger partial charge in [0, 0.05) is 29.1 Å². The summed E-state index contributed by atoms with van der Waals surface area (Å²) in [5.41, 5.74) is 4.91. The first-order valence-corrected chi connectivity index (χ1v) is 9.16. The summed E-state index contributed by atoms with van der Waals surface area (Å²) in [6, 6.07) is 6.43. The van der Waals surface area contributed by atoms with Gasteiger partial charge < -0.3 is 0 Å². The number of nitrogens with one attached hydrogen (secondary N) is 1. The molecule has 1 aromatic carbocycles. The molecule has 0 bridgehead atoms. The van der Waals surface area contributed by atoms with Crippen LogP contribution < -0.4 is 0 Å². The molecule has 0 atom stereocenters. The summed E-state index contributed by atoms with van der Waals surface area (Å²) >= 11 is 1.54. The van der Waals surface area contributed by atoms with Gasteiger partial charge in [-0.25, -0.2) is 0 Å². The maximum absolute atomic E-state index is 10.8. The fraction of sp³-hybridized carbons (Fsp3) is 0.250. The Hall–Kier alpha value is -3.01. The van der Waals surface area contributed by atoms with Crippen LogP contribution in [0.1, 0.15) is 23.2 Å². The molecule has 2 aromatic heterocycles. The maximum atomic E-state index is 10.8. The van der Waals surface area contributed by atoms with Crippen molar-refractivity contribution in [2.75, 3.05) is 5.75 Å². The van der Waals surface area contributed by atoms with Crippen LogP contribution in [0.5, 0.6) is 0 Å². The molecule has 5 rings (SSSR count). The van der Waals surface area contributed by atoms with Gasteiger partial charge >= 0.3 is 0 Å². The molecule has 1 aliphatic heterocycles. The third-order valence-electron chi connectivity index (χ3n) is 4.60. The molecule has 0 spiro atoms. The number of fused-ring (bicyclic) bond motifs is 2. The summed E-state index contributed by atoms with van der Waals surface area (Å²) in [5, 5.41) is 32.3. The van der Waals surface area contributed by atoms with Crippen LogP contribution in [-0.4, -0.2) is 41.5 Å². The number of hydrogen-bond acceptors (Lipinski definition) is 7. The van der Waals surface area contributed by atoms with E-state index in [1.807, 2.05) is 0 Å². The van der Waals surface area contributed by atoms with Crippen molar-refractivity contribution < 1.29 is 4.92 Å². The number of non-ortho nitro benzene ring substituents is 1. The highest BCUT2D eigenvalue weighted by Gasteiger charge is 2.27. The van der Waals surface area contributed by atoms with Crippen LogP contribution in [0, 0.1) is 10.1 Å². The lowest BCUT2D eigenvalue weighted by atomic mass is 10.1. The summed E-state index contributed by atoms with van der Waals surface area (Å²) in [5.74, 6) is 1.26. The van der Waals surface area contributed by atoms with Crippen molar-refractivity contribution >= 4 is 23.2 Å². The van der Waals surface area contributed by atoms with Crippen LogP contribution in [0.2, 0.25) is 0 Å². The van der Waals surface area contributed by atoms with Crippen molar-refractivity contribution in [2.24, 2.45) is 5.10 Å². The van der Waals surface area contributed by atoms with Gasteiger partial charge in [-0.2, -0.15) is 14.9 Å². The van der Waals surface area contributed by atoms with Crippen molar-refractivity contribution in [1.82, 2.24) is 25.1 Å². The minimum Gasteiger partial charge on any atom is -0.282 e. The molecule has 3 aromatic rings. The first-order valence-electron chi connectivity index (χ1n) is 8.18. The van der Waals surface area contributed by atoms with E-state index >= 15 is 0 Å². The number of hydrogen-bond donors (Lipinski definition) is 1. The molecule has 0 unspecified atom stereocenters. The van der Waals surface area contributed by atoms with E-state index in [0.717, 1.165) is 41.4 Å². The van der Waals surface area contributed by atoms with Gasteiger partial charge in [-0.1, -0.05) is 11.8 Å². The van der Waals surface area contributed by atoms with E-state index in [1.165, 1.54) is 23.4 Å². The maximum Gasteiger partial charge on any atom is 0.269 e. The van der Waals surface area contributed by atoms with E-state index < -0.39 is 4.92 Å². The van der Waals surface area contributed by atoms with Gasteiger partial charge in [0.25, 0.3) is 5.69 Å². The molecule has 0 amide bonds. The van der Waals surface area contributed by atoms with E-state index in [9.17, 15) is 10.1 Å². The van der Waals surface area contributed by atoms with E-state index in [0.29, 0.717) is 11.6 Å². The number of nitro benzene ring substituents is 1. The van der Waals surface area contributed by atoms with Gasteiger partial charge in [0.05, 0.1) is 10.6 Å². The zero-order chi connectivity index (χ0) is 17.7. The normalized spacial score (nSPS) is 15.5. The van der Waals surface area contributed by atoms with E-state index in [1.54, 1.807) is 28.6 Å². The summed E-state index contributed by atoms with van der Waals surface area (Å²) in [7, 11) is 0. The number of thioether (sulfide) groups is 1. The molecule has 1 aliphatic carbocycles. The second kappa shape index (κ2) is 5.77. The van der Waals surface area contributed by atoms with Crippen LogP contribution in [0.4, 0.5) is 5.69 Å². The topological polar surface area (TPSA) is 115 Å². The Bertz CT molecular complexity index is 1050.